The average Bonchev–Trinajstić information content (AvgIpc) is 3.04. The molecule has 0 bridgehead atoms. The molecule has 2 aromatic carbocycles. The number of rotatable bonds is 6. The third-order valence-corrected chi connectivity index (χ3v) is 5.07. The summed E-state index contributed by atoms with van der Waals surface area (Å²) in [5.41, 5.74) is 9.30. The summed E-state index contributed by atoms with van der Waals surface area (Å²) in [4.78, 5) is 11.4. The van der Waals surface area contributed by atoms with E-state index in [0.29, 0.717) is 45.1 Å². The number of nitrogens with zero attached hydrogens (tertiary/aromatic N) is 5. The Kier molecular flexibility index (Phi) is 5.76. The molecule has 4 aromatic rings. The lowest BCUT2D eigenvalue weighted by Gasteiger charge is -2.11. The van der Waals surface area contributed by atoms with Crippen LogP contribution in [0.3, 0.4) is 0 Å². The molecule has 0 unspecified atom stereocenters. The average molecular weight is 442 g/mol. The molecule has 0 radical (unpaired) electrons. The van der Waals surface area contributed by atoms with Gasteiger partial charge in [-0.15, -0.1) is 5.10 Å². The van der Waals surface area contributed by atoms with Crippen LogP contribution >= 0.6 is 23.2 Å². The van der Waals surface area contributed by atoms with Crippen molar-refractivity contribution in [3.05, 3.63) is 58.6 Å². The van der Waals surface area contributed by atoms with Gasteiger partial charge in [-0.25, -0.2) is 9.67 Å². The molecule has 0 atom stereocenters. The van der Waals surface area contributed by atoms with E-state index >= 15 is 0 Å². The number of hydrogen-bond acceptors (Lipinski definition) is 6. The molecule has 0 aliphatic rings. The molecule has 0 amide bonds. The Balaban J connectivity index is 1.87. The summed E-state index contributed by atoms with van der Waals surface area (Å²) >= 11 is 12.3. The highest BCUT2D eigenvalue weighted by Crippen LogP contribution is 2.33. The summed E-state index contributed by atoms with van der Waals surface area (Å²) in [6.07, 6.45) is 0. The van der Waals surface area contributed by atoms with Gasteiger partial charge in [0.2, 0.25) is 5.95 Å². The van der Waals surface area contributed by atoms with Crippen molar-refractivity contribution in [3.63, 3.8) is 0 Å². The van der Waals surface area contributed by atoms with E-state index in [1.54, 1.807) is 16.8 Å². The number of halogens is 2. The van der Waals surface area contributed by atoms with Crippen LogP contribution in [0.5, 0.6) is 0 Å². The van der Waals surface area contributed by atoms with Gasteiger partial charge < -0.3 is 16.0 Å². The van der Waals surface area contributed by atoms with E-state index in [0.717, 1.165) is 17.8 Å². The van der Waals surface area contributed by atoms with Crippen molar-refractivity contribution >= 4 is 46.0 Å². The molecule has 154 valence electrons. The van der Waals surface area contributed by atoms with Crippen molar-refractivity contribution in [2.24, 2.45) is 0 Å². The molecule has 0 saturated carbocycles. The van der Waals surface area contributed by atoms with Crippen LogP contribution in [0, 0.1) is 0 Å². The van der Waals surface area contributed by atoms with E-state index in [9.17, 15) is 0 Å². The Hall–Kier alpha value is -2.87. The zero-order valence-electron chi connectivity index (χ0n) is 16.6. The lowest BCUT2D eigenvalue weighted by Crippen LogP contribution is -2.21. The van der Waals surface area contributed by atoms with Gasteiger partial charge in [-0.2, -0.15) is 4.98 Å². The lowest BCUT2D eigenvalue weighted by atomic mass is 10.1. The monoisotopic (exact) mass is 441 g/mol. The Bertz CT molecular complexity index is 1190. The van der Waals surface area contributed by atoms with Crippen LogP contribution < -0.4 is 11.1 Å². The minimum absolute atomic E-state index is 0.446. The molecular weight excluding hydrogens is 421 g/mol. The molecule has 0 aliphatic carbocycles. The summed E-state index contributed by atoms with van der Waals surface area (Å²) in [6, 6.07) is 14.8. The second kappa shape index (κ2) is 8.47. The van der Waals surface area contributed by atoms with Crippen LogP contribution in [0.4, 0.5) is 11.8 Å². The number of likely N-dealkylation sites (N-methyl/N-ethyl adjacent to an activating group) is 1. The first kappa shape index (κ1) is 20.4. The van der Waals surface area contributed by atoms with E-state index < -0.39 is 0 Å². The second-order valence-corrected chi connectivity index (χ2v) is 7.98. The highest BCUT2D eigenvalue weighted by molar-refractivity contribution is 6.31. The Morgan fingerprint density at radius 3 is 2.50 bits per heavy atom. The minimum atomic E-state index is 0.446. The number of benzene rings is 2. The van der Waals surface area contributed by atoms with Crippen molar-refractivity contribution < 1.29 is 0 Å². The molecule has 0 saturated heterocycles. The number of nitrogens with one attached hydrogen (secondary N) is 1. The first-order valence-electron chi connectivity index (χ1n) is 9.39. The van der Waals surface area contributed by atoms with Crippen LogP contribution in [0.1, 0.15) is 0 Å². The van der Waals surface area contributed by atoms with Crippen LogP contribution in [0.2, 0.25) is 10.0 Å². The SMILES string of the molecule is CN(C)CCNc1nc(-c2cccc(Cl)c2)c2c(N)n(-c3ccc(Cl)cc3)nc2n1. The summed E-state index contributed by atoms with van der Waals surface area (Å²) in [6.45, 7) is 1.54. The number of hydrogen-bond donors (Lipinski definition) is 2. The fraction of sp³-hybridized carbons (Fsp3) is 0.190. The van der Waals surface area contributed by atoms with Crippen LogP contribution in [-0.2, 0) is 0 Å². The molecule has 30 heavy (non-hydrogen) atoms. The topological polar surface area (TPSA) is 84.9 Å². The molecule has 7 nitrogen and oxygen atoms in total. The smallest absolute Gasteiger partial charge is 0.225 e. The van der Waals surface area contributed by atoms with Gasteiger partial charge in [-0.05, 0) is 50.5 Å². The zero-order chi connectivity index (χ0) is 21.3. The van der Waals surface area contributed by atoms with Crippen molar-refractivity contribution in [1.29, 1.82) is 0 Å². The number of nitrogen functional groups attached to an aromatic ring is 1. The third-order valence-electron chi connectivity index (χ3n) is 4.58. The van der Waals surface area contributed by atoms with E-state index in [-0.39, 0.29) is 0 Å². The summed E-state index contributed by atoms with van der Waals surface area (Å²) in [5.74, 6) is 0.933. The largest absolute Gasteiger partial charge is 0.383 e. The zero-order valence-corrected chi connectivity index (χ0v) is 18.1. The molecule has 3 N–H and O–H groups in total. The Morgan fingerprint density at radius 1 is 1.03 bits per heavy atom. The first-order valence-corrected chi connectivity index (χ1v) is 10.1. The van der Waals surface area contributed by atoms with Gasteiger partial charge in [0.25, 0.3) is 0 Å². The fourth-order valence-electron chi connectivity index (χ4n) is 3.11. The molecule has 0 fully saturated rings. The van der Waals surface area contributed by atoms with Crippen molar-refractivity contribution in [1.82, 2.24) is 24.6 Å². The normalized spacial score (nSPS) is 11.4. The summed E-state index contributed by atoms with van der Waals surface area (Å²) in [5, 5.41) is 9.83. The predicted octanol–water partition coefficient (Wildman–Crippen LogP) is 4.35. The molecule has 2 aromatic heterocycles. The van der Waals surface area contributed by atoms with Gasteiger partial charge in [0.15, 0.2) is 5.65 Å². The minimum Gasteiger partial charge on any atom is -0.383 e. The standard InChI is InChI=1S/C21H21Cl2N7/c1-29(2)11-10-25-21-26-18(13-4-3-5-15(23)12-13)17-19(24)30(28-20(17)27-21)16-8-6-14(22)7-9-16/h3-9,12H,10-11,24H2,1-2H3,(H,25,27,28). The highest BCUT2D eigenvalue weighted by Gasteiger charge is 2.19. The van der Waals surface area contributed by atoms with Gasteiger partial charge >= 0.3 is 0 Å². The quantitative estimate of drug-likeness (QED) is 0.462. The van der Waals surface area contributed by atoms with Crippen molar-refractivity contribution in [2.45, 2.75) is 0 Å². The number of anilines is 2. The van der Waals surface area contributed by atoms with Gasteiger partial charge in [0.1, 0.15) is 5.82 Å². The van der Waals surface area contributed by atoms with Gasteiger partial charge in [0.05, 0.1) is 16.8 Å². The van der Waals surface area contributed by atoms with Crippen molar-refractivity contribution in [2.75, 3.05) is 38.2 Å². The summed E-state index contributed by atoms with van der Waals surface area (Å²) in [7, 11) is 4.02. The molecule has 9 heteroatoms. The second-order valence-electron chi connectivity index (χ2n) is 7.11. The third kappa shape index (κ3) is 4.18. The molecule has 0 aliphatic heterocycles. The van der Waals surface area contributed by atoms with E-state index in [2.05, 4.69) is 20.3 Å². The Labute approximate surface area is 184 Å². The van der Waals surface area contributed by atoms with Crippen molar-refractivity contribution in [3.8, 4) is 16.9 Å². The molecule has 2 heterocycles. The molecular formula is C21H21Cl2N7. The maximum Gasteiger partial charge on any atom is 0.225 e. The first-order chi connectivity index (χ1) is 14.4. The maximum absolute atomic E-state index is 6.50. The number of nitrogens with two attached hydrogens (primary N) is 1. The molecule has 0 spiro atoms. The number of aromatic nitrogens is 4. The number of fused-ring (bicyclic) bond motifs is 1. The maximum atomic E-state index is 6.50. The predicted molar refractivity (Wildman–Crippen MR) is 124 cm³/mol. The van der Waals surface area contributed by atoms with E-state index in [1.807, 2.05) is 50.5 Å². The molecule has 4 rings (SSSR count). The van der Waals surface area contributed by atoms with Crippen LogP contribution in [0.15, 0.2) is 48.5 Å². The van der Waals surface area contributed by atoms with E-state index in [1.165, 1.54) is 0 Å². The lowest BCUT2D eigenvalue weighted by molar-refractivity contribution is 0.425. The Morgan fingerprint density at radius 2 is 1.80 bits per heavy atom. The highest BCUT2D eigenvalue weighted by atomic mass is 35.5. The van der Waals surface area contributed by atoms with Gasteiger partial charge in [-0.3, -0.25) is 0 Å². The van der Waals surface area contributed by atoms with Crippen LogP contribution in [0.25, 0.3) is 28.0 Å². The van der Waals surface area contributed by atoms with E-state index in [4.69, 9.17) is 33.9 Å². The van der Waals surface area contributed by atoms with Crippen LogP contribution in [-0.4, -0.2) is 51.8 Å². The fourth-order valence-corrected chi connectivity index (χ4v) is 3.42. The van der Waals surface area contributed by atoms with Gasteiger partial charge in [0, 0.05) is 28.7 Å². The summed E-state index contributed by atoms with van der Waals surface area (Å²) < 4.78 is 1.65. The van der Waals surface area contributed by atoms with Gasteiger partial charge in [-0.1, -0.05) is 35.3 Å².